The molecular formula is C24H31ClN2O2. The van der Waals surface area contributed by atoms with E-state index < -0.39 is 0 Å². The number of halogens is 1. The molecular weight excluding hydrogens is 384 g/mol. The topological polar surface area (TPSA) is 40.6 Å². The number of likely N-dealkylation sites (tertiary alicyclic amines) is 1. The van der Waals surface area contributed by atoms with E-state index in [1.807, 2.05) is 36.2 Å². The van der Waals surface area contributed by atoms with Crippen molar-refractivity contribution in [1.82, 2.24) is 9.80 Å². The number of rotatable bonds is 4. The van der Waals surface area contributed by atoms with Crippen molar-refractivity contribution in [2.24, 2.45) is 23.2 Å². The van der Waals surface area contributed by atoms with Crippen molar-refractivity contribution >= 4 is 23.4 Å². The number of likely N-dealkylation sites (N-methyl/N-ethyl adjacent to an activating group) is 1. The number of amides is 2. The van der Waals surface area contributed by atoms with Crippen LogP contribution in [0.25, 0.3) is 0 Å². The van der Waals surface area contributed by atoms with Crippen LogP contribution in [-0.2, 0) is 16.1 Å². The summed E-state index contributed by atoms with van der Waals surface area (Å²) >= 11 is 6.29. The highest BCUT2D eigenvalue weighted by molar-refractivity contribution is 6.31. The smallest absolute Gasteiger partial charge is 0.245 e. The zero-order valence-electron chi connectivity index (χ0n) is 17.3. The van der Waals surface area contributed by atoms with Crippen molar-refractivity contribution in [2.75, 3.05) is 13.6 Å². The largest absolute Gasteiger partial charge is 0.340 e. The van der Waals surface area contributed by atoms with Crippen molar-refractivity contribution in [2.45, 2.75) is 64.0 Å². The second kappa shape index (κ2) is 7.30. The molecule has 0 radical (unpaired) electrons. The molecule has 156 valence electrons. The summed E-state index contributed by atoms with van der Waals surface area (Å²) in [6, 6.07) is 7.35. The fraction of sp³-hybridized carbons (Fsp3) is 0.667. The lowest BCUT2D eigenvalue weighted by Gasteiger charge is -2.56. The van der Waals surface area contributed by atoms with Gasteiger partial charge in [0, 0.05) is 25.2 Å². The molecule has 4 nitrogen and oxygen atoms in total. The Morgan fingerprint density at radius 2 is 1.72 bits per heavy atom. The van der Waals surface area contributed by atoms with Crippen molar-refractivity contribution in [3.63, 3.8) is 0 Å². The second-order valence-electron chi connectivity index (χ2n) is 10.1. The van der Waals surface area contributed by atoms with Crippen LogP contribution in [-0.4, -0.2) is 41.2 Å². The van der Waals surface area contributed by atoms with Gasteiger partial charge in [0.2, 0.25) is 11.8 Å². The van der Waals surface area contributed by atoms with E-state index in [0.717, 1.165) is 62.0 Å². The van der Waals surface area contributed by atoms with E-state index >= 15 is 0 Å². The highest BCUT2D eigenvalue weighted by Crippen LogP contribution is 2.60. The summed E-state index contributed by atoms with van der Waals surface area (Å²) in [5.41, 5.74) is 0.779. The Morgan fingerprint density at radius 3 is 2.34 bits per heavy atom. The predicted molar refractivity (Wildman–Crippen MR) is 113 cm³/mol. The Bertz CT molecular complexity index is 788. The average Bonchev–Trinajstić information content (AvgIpc) is 3.17. The molecule has 0 aromatic heterocycles. The summed E-state index contributed by atoms with van der Waals surface area (Å²) in [6.07, 6.45) is 8.87. The van der Waals surface area contributed by atoms with E-state index in [-0.39, 0.29) is 17.4 Å². The fourth-order valence-electron chi connectivity index (χ4n) is 7.16. The van der Waals surface area contributed by atoms with Crippen molar-refractivity contribution in [3.8, 4) is 0 Å². The lowest BCUT2D eigenvalue weighted by Crippen LogP contribution is -2.57. The van der Waals surface area contributed by atoms with Gasteiger partial charge >= 0.3 is 0 Å². The predicted octanol–water partition coefficient (Wildman–Crippen LogP) is 4.51. The lowest BCUT2D eigenvalue weighted by molar-refractivity contribution is -0.161. The minimum Gasteiger partial charge on any atom is -0.340 e. The minimum atomic E-state index is -0.303. The standard InChI is InChI=1S/C24H31ClN2O2/c1-26(15-19-5-2-3-6-20(19)25)22(28)21-7-4-8-27(21)23(29)24-12-16-9-17(13-24)11-18(10-16)14-24/h2-3,5-6,16-18,21H,4,7-15H2,1H3/t16?,17?,18?,21-,24?/m1/s1. The van der Waals surface area contributed by atoms with Gasteiger partial charge in [0.05, 0.1) is 5.41 Å². The quantitative estimate of drug-likeness (QED) is 0.727. The maximum atomic E-state index is 13.8. The Kier molecular flexibility index (Phi) is 4.89. The van der Waals surface area contributed by atoms with E-state index in [2.05, 4.69) is 0 Å². The van der Waals surface area contributed by atoms with Gasteiger partial charge in [0.1, 0.15) is 6.04 Å². The molecule has 1 aliphatic heterocycles. The van der Waals surface area contributed by atoms with Crippen molar-refractivity contribution in [1.29, 1.82) is 0 Å². The minimum absolute atomic E-state index is 0.0560. The summed E-state index contributed by atoms with van der Waals surface area (Å²) in [6.45, 7) is 1.21. The normalized spacial score (nSPS) is 35.2. The highest BCUT2D eigenvalue weighted by atomic mass is 35.5. The summed E-state index contributed by atoms with van der Waals surface area (Å²) in [4.78, 5) is 30.8. The Hall–Kier alpha value is -1.55. The molecule has 1 aromatic rings. The van der Waals surface area contributed by atoms with Gasteiger partial charge in [0.15, 0.2) is 0 Å². The first-order chi connectivity index (χ1) is 13.9. The number of carbonyl (C=O) groups is 2. The number of hydrogen-bond donors (Lipinski definition) is 0. The molecule has 5 aliphatic rings. The molecule has 5 heteroatoms. The molecule has 5 fully saturated rings. The van der Waals surface area contributed by atoms with Gasteiger partial charge in [-0.15, -0.1) is 0 Å². The molecule has 1 heterocycles. The molecule has 29 heavy (non-hydrogen) atoms. The average molecular weight is 415 g/mol. The van der Waals surface area contributed by atoms with Crippen LogP contribution >= 0.6 is 11.6 Å². The third kappa shape index (κ3) is 3.37. The molecule has 0 unspecified atom stereocenters. The third-order valence-corrected chi connectivity index (χ3v) is 8.40. The summed E-state index contributed by atoms with van der Waals surface area (Å²) in [5, 5.41) is 0.681. The van der Waals surface area contributed by atoms with Crippen LogP contribution in [0, 0.1) is 23.2 Å². The van der Waals surface area contributed by atoms with Gasteiger partial charge in [-0.25, -0.2) is 0 Å². The van der Waals surface area contributed by atoms with Gasteiger partial charge in [-0.3, -0.25) is 9.59 Å². The summed E-state index contributed by atoms with van der Waals surface area (Å²) in [5.74, 6) is 2.57. The first-order valence-electron chi connectivity index (χ1n) is 11.2. The highest BCUT2D eigenvalue weighted by Gasteiger charge is 2.56. The monoisotopic (exact) mass is 414 g/mol. The zero-order chi connectivity index (χ0) is 20.2. The van der Waals surface area contributed by atoms with E-state index in [9.17, 15) is 9.59 Å². The van der Waals surface area contributed by atoms with Crippen LogP contribution in [0.5, 0.6) is 0 Å². The van der Waals surface area contributed by atoms with Crippen LogP contribution in [0.4, 0.5) is 0 Å². The number of hydrogen-bond acceptors (Lipinski definition) is 2. The SMILES string of the molecule is CN(Cc1ccccc1Cl)C(=O)[C@H]1CCCN1C(=O)C12CC3CC(CC(C3)C1)C2. The Labute approximate surface area is 178 Å². The van der Waals surface area contributed by atoms with Crippen molar-refractivity contribution < 1.29 is 9.59 Å². The molecule has 0 spiro atoms. The third-order valence-electron chi connectivity index (χ3n) is 8.03. The summed E-state index contributed by atoms with van der Waals surface area (Å²) in [7, 11) is 1.83. The number of benzene rings is 1. The Morgan fingerprint density at radius 1 is 1.10 bits per heavy atom. The van der Waals surface area contributed by atoms with E-state index in [4.69, 9.17) is 11.6 Å². The van der Waals surface area contributed by atoms with Gasteiger partial charge in [-0.1, -0.05) is 29.8 Å². The summed E-state index contributed by atoms with van der Waals surface area (Å²) < 4.78 is 0. The first-order valence-corrected chi connectivity index (χ1v) is 11.6. The second-order valence-corrected chi connectivity index (χ2v) is 10.5. The van der Waals surface area contributed by atoms with Gasteiger partial charge in [-0.05, 0) is 80.8 Å². The van der Waals surface area contributed by atoms with E-state index in [1.54, 1.807) is 4.90 Å². The molecule has 0 N–H and O–H groups in total. The molecule has 1 atom stereocenters. The number of nitrogens with zero attached hydrogens (tertiary/aromatic N) is 2. The van der Waals surface area contributed by atoms with Crippen LogP contribution < -0.4 is 0 Å². The molecule has 6 rings (SSSR count). The fourth-order valence-corrected chi connectivity index (χ4v) is 7.35. The van der Waals surface area contributed by atoms with Gasteiger partial charge in [-0.2, -0.15) is 0 Å². The molecule has 4 saturated carbocycles. The molecule has 2 amide bonds. The van der Waals surface area contributed by atoms with Crippen LogP contribution in [0.3, 0.4) is 0 Å². The molecule has 1 saturated heterocycles. The maximum absolute atomic E-state index is 13.8. The van der Waals surface area contributed by atoms with Crippen molar-refractivity contribution in [3.05, 3.63) is 34.9 Å². The van der Waals surface area contributed by atoms with Crippen LogP contribution in [0.1, 0.15) is 56.9 Å². The molecule has 4 bridgehead atoms. The van der Waals surface area contributed by atoms with Crippen LogP contribution in [0.15, 0.2) is 24.3 Å². The first kappa shape index (κ1) is 19.4. The molecule has 1 aromatic carbocycles. The lowest BCUT2D eigenvalue weighted by atomic mass is 9.49. The van der Waals surface area contributed by atoms with Gasteiger partial charge < -0.3 is 9.80 Å². The molecule has 4 aliphatic carbocycles. The zero-order valence-corrected chi connectivity index (χ0v) is 18.0. The van der Waals surface area contributed by atoms with Gasteiger partial charge in [0.25, 0.3) is 0 Å². The maximum Gasteiger partial charge on any atom is 0.245 e. The van der Waals surface area contributed by atoms with E-state index in [0.29, 0.717) is 17.5 Å². The van der Waals surface area contributed by atoms with Crippen LogP contribution in [0.2, 0.25) is 5.02 Å². The number of carbonyl (C=O) groups excluding carboxylic acids is 2. The van der Waals surface area contributed by atoms with E-state index in [1.165, 1.54) is 19.3 Å². The Balaban J connectivity index is 1.31.